The number of carbonyl (C=O) groups is 1. The van der Waals surface area contributed by atoms with E-state index in [1.807, 2.05) is 19.1 Å². The van der Waals surface area contributed by atoms with Crippen LogP contribution >= 0.6 is 0 Å². The van der Waals surface area contributed by atoms with Gasteiger partial charge in [0.2, 0.25) is 0 Å². The topological polar surface area (TPSA) is 72.5 Å². The first-order valence-electron chi connectivity index (χ1n) is 7.18. The third-order valence-corrected chi connectivity index (χ3v) is 5.04. The van der Waals surface area contributed by atoms with Crippen molar-refractivity contribution in [3.05, 3.63) is 59.2 Å². The molecule has 0 aliphatic rings. The van der Waals surface area contributed by atoms with Crippen molar-refractivity contribution in [2.24, 2.45) is 0 Å². The van der Waals surface area contributed by atoms with Crippen LogP contribution in [0, 0.1) is 6.92 Å². The first-order chi connectivity index (χ1) is 10.9. The molecule has 0 heterocycles. The lowest BCUT2D eigenvalue weighted by Gasteiger charge is -2.12. The Kier molecular flexibility index (Phi) is 5.05. The Labute approximate surface area is 136 Å². The minimum Gasteiger partial charge on any atom is -0.465 e. The number of carbonyl (C=O) groups excluding carboxylic acids is 1. The van der Waals surface area contributed by atoms with Gasteiger partial charge in [-0.2, -0.15) is 0 Å². The summed E-state index contributed by atoms with van der Waals surface area (Å²) in [5.41, 5.74) is 2.34. The molecule has 0 bridgehead atoms. The standard InChI is InChI=1S/C17H19NO4S/c1-4-13-6-9-15(10-7-13)18-23(20,21)16-11-14(17(19)22-3)8-5-12(16)2/h5-11,18H,4H2,1-3H3. The van der Waals surface area contributed by atoms with Crippen molar-refractivity contribution >= 4 is 21.7 Å². The van der Waals surface area contributed by atoms with Crippen LogP contribution in [0.5, 0.6) is 0 Å². The highest BCUT2D eigenvalue weighted by Gasteiger charge is 2.19. The highest BCUT2D eigenvalue weighted by Crippen LogP contribution is 2.21. The van der Waals surface area contributed by atoms with Gasteiger partial charge >= 0.3 is 5.97 Å². The zero-order valence-electron chi connectivity index (χ0n) is 13.3. The minimum atomic E-state index is -3.79. The van der Waals surface area contributed by atoms with Gasteiger partial charge in [0.1, 0.15) is 0 Å². The quantitative estimate of drug-likeness (QED) is 0.853. The van der Waals surface area contributed by atoms with Gasteiger partial charge in [0.05, 0.1) is 17.6 Å². The van der Waals surface area contributed by atoms with Crippen molar-refractivity contribution in [3.8, 4) is 0 Å². The number of methoxy groups -OCH3 is 1. The lowest BCUT2D eigenvalue weighted by Crippen LogP contribution is -2.15. The summed E-state index contributed by atoms with van der Waals surface area (Å²) < 4.78 is 32.3. The molecule has 0 amide bonds. The smallest absolute Gasteiger partial charge is 0.337 e. The fourth-order valence-electron chi connectivity index (χ4n) is 2.15. The summed E-state index contributed by atoms with van der Waals surface area (Å²) >= 11 is 0. The molecule has 0 saturated heterocycles. The van der Waals surface area contributed by atoms with Crippen LogP contribution < -0.4 is 4.72 Å². The van der Waals surface area contributed by atoms with Crippen LogP contribution in [-0.4, -0.2) is 21.5 Å². The number of hydrogen-bond donors (Lipinski definition) is 1. The summed E-state index contributed by atoms with van der Waals surface area (Å²) in [6, 6.07) is 11.6. The van der Waals surface area contributed by atoms with E-state index >= 15 is 0 Å². The molecule has 1 N–H and O–H groups in total. The van der Waals surface area contributed by atoms with Crippen LogP contribution in [0.2, 0.25) is 0 Å². The summed E-state index contributed by atoms with van der Waals surface area (Å²) in [4.78, 5) is 11.7. The Morgan fingerprint density at radius 1 is 1.13 bits per heavy atom. The molecule has 0 fully saturated rings. The summed E-state index contributed by atoms with van der Waals surface area (Å²) in [5, 5.41) is 0. The maximum Gasteiger partial charge on any atom is 0.337 e. The van der Waals surface area contributed by atoms with Crippen LogP contribution in [0.15, 0.2) is 47.4 Å². The van der Waals surface area contributed by atoms with Crippen LogP contribution in [0.1, 0.15) is 28.4 Å². The molecular formula is C17H19NO4S. The van der Waals surface area contributed by atoms with Crippen LogP contribution in [0.4, 0.5) is 5.69 Å². The first-order valence-corrected chi connectivity index (χ1v) is 8.66. The fourth-order valence-corrected chi connectivity index (χ4v) is 3.48. The van der Waals surface area contributed by atoms with E-state index in [1.165, 1.54) is 19.2 Å². The summed E-state index contributed by atoms with van der Waals surface area (Å²) in [7, 11) is -2.53. The van der Waals surface area contributed by atoms with Gasteiger partial charge in [0.15, 0.2) is 0 Å². The number of aryl methyl sites for hydroxylation is 2. The van der Waals surface area contributed by atoms with Gasteiger partial charge in [-0.1, -0.05) is 25.1 Å². The van der Waals surface area contributed by atoms with Crippen molar-refractivity contribution in [1.82, 2.24) is 0 Å². The van der Waals surface area contributed by atoms with Crippen molar-refractivity contribution in [2.75, 3.05) is 11.8 Å². The number of nitrogens with one attached hydrogen (secondary N) is 1. The third-order valence-electron chi connectivity index (χ3n) is 3.51. The molecule has 0 aliphatic carbocycles. The van der Waals surface area contributed by atoms with E-state index in [9.17, 15) is 13.2 Å². The van der Waals surface area contributed by atoms with E-state index in [0.29, 0.717) is 11.3 Å². The van der Waals surface area contributed by atoms with Gasteiger partial charge in [-0.05, 0) is 48.7 Å². The SMILES string of the molecule is CCc1ccc(NS(=O)(=O)c2cc(C(=O)OC)ccc2C)cc1. The van der Waals surface area contributed by atoms with Crippen LogP contribution in [0.25, 0.3) is 0 Å². The predicted molar refractivity (Wildman–Crippen MR) is 89.1 cm³/mol. The Morgan fingerprint density at radius 3 is 2.35 bits per heavy atom. The molecular weight excluding hydrogens is 314 g/mol. The number of anilines is 1. The summed E-state index contributed by atoms with van der Waals surface area (Å²) in [6.07, 6.45) is 0.882. The number of esters is 1. The normalized spacial score (nSPS) is 11.1. The largest absolute Gasteiger partial charge is 0.465 e. The number of benzene rings is 2. The van der Waals surface area contributed by atoms with Gasteiger partial charge in [0.25, 0.3) is 10.0 Å². The zero-order chi connectivity index (χ0) is 17.0. The monoisotopic (exact) mass is 333 g/mol. The zero-order valence-corrected chi connectivity index (χ0v) is 14.1. The first kappa shape index (κ1) is 17.0. The van der Waals surface area contributed by atoms with Gasteiger partial charge in [-0.15, -0.1) is 0 Å². The van der Waals surface area contributed by atoms with Gasteiger partial charge in [-0.3, -0.25) is 4.72 Å². The number of ether oxygens (including phenoxy) is 1. The van der Waals surface area contributed by atoms with Gasteiger partial charge < -0.3 is 4.74 Å². The average Bonchev–Trinajstić information content (AvgIpc) is 2.54. The van der Waals surface area contributed by atoms with Crippen molar-refractivity contribution < 1.29 is 17.9 Å². The van der Waals surface area contributed by atoms with E-state index in [-0.39, 0.29) is 10.5 Å². The minimum absolute atomic E-state index is 0.0555. The Morgan fingerprint density at radius 2 is 1.78 bits per heavy atom. The molecule has 0 radical (unpaired) electrons. The summed E-state index contributed by atoms with van der Waals surface area (Å²) in [5.74, 6) is -0.575. The number of sulfonamides is 1. The Balaban J connectivity index is 2.36. The molecule has 2 aromatic rings. The molecule has 6 heteroatoms. The van der Waals surface area contributed by atoms with Crippen molar-refractivity contribution in [2.45, 2.75) is 25.2 Å². The van der Waals surface area contributed by atoms with E-state index in [4.69, 9.17) is 0 Å². The molecule has 0 saturated carbocycles. The van der Waals surface area contributed by atoms with E-state index in [1.54, 1.807) is 25.1 Å². The molecule has 2 aromatic carbocycles. The molecule has 2 rings (SSSR count). The second-order valence-electron chi connectivity index (χ2n) is 5.13. The van der Waals surface area contributed by atoms with E-state index < -0.39 is 16.0 Å². The average molecular weight is 333 g/mol. The maximum absolute atomic E-state index is 12.6. The fraction of sp³-hybridized carbons (Fsp3) is 0.235. The second-order valence-corrected chi connectivity index (χ2v) is 6.78. The summed E-state index contributed by atoms with van der Waals surface area (Å²) in [6.45, 7) is 3.71. The second kappa shape index (κ2) is 6.83. The Hall–Kier alpha value is -2.34. The molecule has 5 nitrogen and oxygen atoms in total. The molecule has 0 spiro atoms. The molecule has 0 aromatic heterocycles. The third kappa shape index (κ3) is 3.90. The van der Waals surface area contributed by atoms with Crippen LogP contribution in [0.3, 0.4) is 0 Å². The van der Waals surface area contributed by atoms with Gasteiger partial charge in [0, 0.05) is 5.69 Å². The van der Waals surface area contributed by atoms with Gasteiger partial charge in [-0.25, -0.2) is 13.2 Å². The molecule has 0 aliphatic heterocycles. The highest BCUT2D eigenvalue weighted by molar-refractivity contribution is 7.92. The lowest BCUT2D eigenvalue weighted by atomic mass is 10.1. The van der Waals surface area contributed by atoms with E-state index in [0.717, 1.165) is 12.0 Å². The highest BCUT2D eigenvalue weighted by atomic mass is 32.2. The lowest BCUT2D eigenvalue weighted by molar-refractivity contribution is 0.0600. The maximum atomic E-state index is 12.6. The predicted octanol–water partition coefficient (Wildman–Crippen LogP) is 3.14. The molecule has 0 atom stereocenters. The van der Waals surface area contributed by atoms with Crippen LogP contribution in [-0.2, 0) is 21.2 Å². The Bertz CT molecular complexity index is 811. The number of rotatable bonds is 5. The number of hydrogen-bond acceptors (Lipinski definition) is 4. The molecule has 0 unspecified atom stereocenters. The van der Waals surface area contributed by atoms with Crippen molar-refractivity contribution in [1.29, 1.82) is 0 Å². The molecule has 23 heavy (non-hydrogen) atoms. The molecule has 122 valence electrons. The van der Waals surface area contributed by atoms with Crippen molar-refractivity contribution in [3.63, 3.8) is 0 Å². The van der Waals surface area contributed by atoms with E-state index in [2.05, 4.69) is 9.46 Å².